The van der Waals surface area contributed by atoms with Crippen LogP contribution in [0.25, 0.3) is 10.6 Å². The third-order valence-electron chi connectivity index (χ3n) is 4.11. The Morgan fingerprint density at radius 2 is 2.19 bits per heavy atom. The summed E-state index contributed by atoms with van der Waals surface area (Å²) in [6, 6.07) is 7.71. The molecule has 0 aliphatic rings. The standard InChI is InChI=1S/C19H20N4O3S/c1-12-4-3-5-13(6-12)7-14(19(25)26)8-20-17(24)16-11-27-18(22-16)15-9-21-23(2)10-15/h3-6,9-11,14H,7-8H2,1-2H3,(H,20,24)(H,25,26). The van der Waals surface area contributed by atoms with E-state index in [0.29, 0.717) is 11.4 Å². The molecule has 27 heavy (non-hydrogen) atoms. The zero-order valence-electron chi connectivity index (χ0n) is 15.0. The first kappa shape index (κ1) is 18.8. The van der Waals surface area contributed by atoms with Crippen molar-refractivity contribution < 1.29 is 14.7 Å². The van der Waals surface area contributed by atoms with Crippen molar-refractivity contribution in [2.75, 3.05) is 6.54 Å². The van der Waals surface area contributed by atoms with Crippen molar-refractivity contribution in [2.45, 2.75) is 13.3 Å². The molecule has 2 heterocycles. The van der Waals surface area contributed by atoms with Crippen molar-refractivity contribution in [3.63, 3.8) is 0 Å². The molecule has 0 spiro atoms. The zero-order chi connectivity index (χ0) is 19.4. The molecule has 1 aromatic carbocycles. The molecule has 0 saturated heterocycles. The fourth-order valence-corrected chi connectivity index (χ4v) is 3.49. The smallest absolute Gasteiger partial charge is 0.308 e. The first-order valence-electron chi connectivity index (χ1n) is 8.43. The van der Waals surface area contributed by atoms with Crippen LogP contribution in [0.2, 0.25) is 0 Å². The van der Waals surface area contributed by atoms with Crippen LogP contribution >= 0.6 is 11.3 Å². The first-order valence-corrected chi connectivity index (χ1v) is 9.31. The van der Waals surface area contributed by atoms with E-state index in [0.717, 1.165) is 16.7 Å². The minimum Gasteiger partial charge on any atom is -0.481 e. The molecular weight excluding hydrogens is 364 g/mol. The summed E-state index contributed by atoms with van der Waals surface area (Å²) >= 11 is 1.35. The molecule has 8 heteroatoms. The number of aromatic nitrogens is 3. The second-order valence-electron chi connectivity index (χ2n) is 6.38. The van der Waals surface area contributed by atoms with Crippen molar-refractivity contribution in [1.29, 1.82) is 0 Å². The van der Waals surface area contributed by atoms with Crippen LogP contribution in [0.4, 0.5) is 0 Å². The van der Waals surface area contributed by atoms with E-state index in [2.05, 4.69) is 15.4 Å². The molecule has 0 bridgehead atoms. The van der Waals surface area contributed by atoms with Crippen LogP contribution in [0.5, 0.6) is 0 Å². The lowest BCUT2D eigenvalue weighted by molar-refractivity contribution is -0.141. The van der Waals surface area contributed by atoms with E-state index in [-0.39, 0.29) is 18.1 Å². The first-order chi connectivity index (χ1) is 12.9. The minimum atomic E-state index is -0.939. The third-order valence-corrected chi connectivity index (χ3v) is 5.00. The van der Waals surface area contributed by atoms with Gasteiger partial charge >= 0.3 is 5.97 Å². The zero-order valence-corrected chi connectivity index (χ0v) is 15.9. The Morgan fingerprint density at radius 3 is 2.85 bits per heavy atom. The number of nitrogens with one attached hydrogen (secondary N) is 1. The number of aryl methyl sites for hydroxylation is 2. The predicted molar refractivity (Wildman–Crippen MR) is 103 cm³/mol. The Bertz CT molecular complexity index is 963. The number of benzene rings is 1. The monoisotopic (exact) mass is 384 g/mol. The summed E-state index contributed by atoms with van der Waals surface area (Å²) in [4.78, 5) is 28.2. The lowest BCUT2D eigenvalue weighted by atomic mass is 9.98. The normalized spacial score (nSPS) is 11.9. The van der Waals surface area contributed by atoms with E-state index < -0.39 is 11.9 Å². The molecule has 1 unspecified atom stereocenters. The maximum absolute atomic E-state index is 12.3. The largest absolute Gasteiger partial charge is 0.481 e. The van der Waals surface area contributed by atoms with Gasteiger partial charge in [0.1, 0.15) is 10.7 Å². The molecule has 1 amide bonds. The van der Waals surface area contributed by atoms with Gasteiger partial charge in [-0.25, -0.2) is 4.98 Å². The molecule has 140 valence electrons. The molecule has 2 aromatic heterocycles. The van der Waals surface area contributed by atoms with Crippen LogP contribution in [0.3, 0.4) is 0 Å². The fraction of sp³-hybridized carbons (Fsp3) is 0.263. The van der Waals surface area contributed by atoms with Gasteiger partial charge in [-0.1, -0.05) is 29.8 Å². The summed E-state index contributed by atoms with van der Waals surface area (Å²) in [7, 11) is 1.81. The summed E-state index contributed by atoms with van der Waals surface area (Å²) < 4.78 is 1.67. The minimum absolute atomic E-state index is 0.0435. The van der Waals surface area contributed by atoms with E-state index in [9.17, 15) is 14.7 Å². The SMILES string of the molecule is Cc1cccc(CC(CNC(=O)c2csc(-c3cnn(C)c3)n2)C(=O)O)c1. The molecule has 0 aliphatic carbocycles. The second-order valence-corrected chi connectivity index (χ2v) is 7.24. The molecule has 0 radical (unpaired) electrons. The van der Waals surface area contributed by atoms with Crippen molar-refractivity contribution in [1.82, 2.24) is 20.1 Å². The van der Waals surface area contributed by atoms with Crippen molar-refractivity contribution >= 4 is 23.2 Å². The number of amides is 1. The highest BCUT2D eigenvalue weighted by Crippen LogP contribution is 2.22. The quantitative estimate of drug-likeness (QED) is 0.652. The third kappa shape index (κ3) is 4.79. The van der Waals surface area contributed by atoms with Gasteiger partial charge in [-0.3, -0.25) is 14.3 Å². The highest BCUT2D eigenvalue weighted by molar-refractivity contribution is 7.13. The topological polar surface area (TPSA) is 97.1 Å². The Balaban J connectivity index is 1.62. The van der Waals surface area contributed by atoms with Crippen molar-refractivity contribution in [3.05, 3.63) is 58.9 Å². The van der Waals surface area contributed by atoms with E-state index in [1.807, 2.05) is 44.4 Å². The summed E-state index contributed by atoms with van der Waals surface area (Å²) in [5, 5.41) is 18.6. The molecule has 3 aromatic rings. The maximum Gasteiger partial charge on any atom is 0.308 e. The number of aliphatic carboxylic acids is 1. The average molecular weight is 384 g/mol. The fourth-order valence-electron chi connectivity index (χ4n) is 2.72. The molecule has 1 atom stereocenters. The Morgan fingerprint density at radius 1 is 1.37 bits per heavy atom. The van der Waals surface area contributed by atoms with Gasteiger partial charge < -0.3 is 10.4 Å². The van der Waals surface area contributed by atoms with E-state index in [1.54, 1.807) is 16.3 Å². The Labute approximate surface area is 160 Å². The van der Waals surface area contributed by atoms with Gasteiger partial charge in [0.25, 0.3) is 5.91 Å². The number of thiazole rings is 1. The summed E-state index contributed by atoms with van der Waals surface area (Å²) in [6.07, 6.45) is 3.86. The van der Waals surface area contributed by atoms with Gasteiger partial charge in [0.2, 0.25) is 0 Å². The molecule has 2 N–H and O–H groups in total. The number of carbonyl (C=O) groups is 2. The number of carbonyl (C=O) groups excluding carboxylic acids is 1. The number of hydrogen-bond donors (Lipinski definition) is 2. The van der Waals surface area contributed by atoms with Gasteiger partial charge in [-0.15, -0.1) is 11.3 Å². The number of hydrogen-bond acceptors (Lipinski definition) is 5. The average Bonchev–Trinajstić information content (AvgIpc) is 3.27. The molecule has 0 aliphatic heterocycles. The number of rotatable bonds is 7. The van der Waals surface area contributed by atoms with E-state index in [4.69, 9.17) is 0 Å². The lowest BCUT2D eigenvalue weighted by Crippen LogP contribution is -2.34. The number of nitrogens with zero attached hydrogens (tertiary/aromatic N) is 3. The summed E-state index contributed by atoms with van der Waals surface area (Å²) in [5.74, 6) is -2.02. The van der Waals surface area contributed by atoms with Gasteiger partial charge in [0, 0.05) is 30.7 Å². The number of carboxylic acid groups (broad SMARTS) is 1. The van der Waals surface area contributed by atoms with Crippen molar-refractivity contribution in [2.24, 2.45) is 13.0 Å². The predicted octanol–water partition coefficient (Wildman–Crippen LogP) is 2.53. The van der Waals surface area contributed by atoms with Gasteiger partial charge in [-0.2, -0.15) is 5.10 Å². The van der Waals surface area contributed by atoms with Gasteiger partial charge in [-0.05, 0) is 18.9 Å². The van der Waals surface area contributed by atoms with Crippen LogP contribution in [0.15, 0.2) is 42.0 Å². The van der Waals surface area contributed by atoms with E-state index >= 15 is 0 Å². The molecule has 0 saturated carbocycles. The van der Waals surface area contributed by atoms with Crippen LogP contribution in [0.1, 0.15) is 21.6 Å². The highest BCUT2D eigenvalue weighted by atomic mass is 32.1. The molecule has 3 rings (SSSR count). The van der Waals surface area contributed by atoms with Crippen LogP contribution in [0, 0.1) is 12.8 Å². The molecular formula is C19H20N4O3S. The van der Waals surface area contributed by atoms with Gasteiger partial charge in [0.15, 0.2) is 0 Å². The summed E-state index contributed by atoms with van der Waals surface area (Å²) in [5.41, 5.74) is 3.12. The van der Waals surface area contributed by atoms with Crippen LogP contribution in [-0.2, 0) is 18.3 Å². The van der Waals surface area contributed by atoms with Crippen LogP contribution in [-0.4, -0.2) is 38.3 Å². The van der Waals surface area contributed by atoms with Crippen molar-refractivity contribution in [3.8, 4) is 10.6 Å². The second kappa shape index (κ2) is 8.13. The Hall–Kier alpha value is -3.00. The van der Waals surface area contributed by atoms with Crippen LogP contribution < -0.4 is 5.32 Å². The molecule has 7 nitrogen and oxygen atoms in total. The Kier molecular flexibility index (Phi) is 5.66. The molecule has 0 fully saturated rings. The highest BCUT2D eigenvalue weighted by Gasteiger charge is 2.20. The van der Waals surface area contributed by atoms with E-state index in [1.165, 1.54) is 11.3 Å². The van der Waals surface area contributed by atoms with Gasteiger partial charge in [0.05, 0.1) is 12.1 Å². The summed E-state index contributed by atoms with van der Waals surface area (Å²) in [6.45, 7) is 2.00. The maximum atomic E-state index is 12.3. The lowest BCUT2D eigenvalue weighted by Gasteiger charge is -2.13. The number of carboxylic acids is 1.